The van der Waals surface area contributed by atoms with Crippen LogP contribution in [0.5, 0.6) is 0 Å². The molecule has 2 heterocycles. The Morgan fingerprint density at radius 3 is 2.55 bits per heavy atom. The molecule has 3 rings (SSSR count). The van der Waals surface area contributed by atoms with E-state index in [0.29, 0.717) is 11.7 Å². The predicted molar refractivity (Wildman–Crippen MR) is 78.0 cm³/mol. The van der Waals surface area contributed by atoms with Crippen LogP contribution in [0, 0.1) is 0 Å². The lowest BCUT2D eigenvalue weighted by molar-refractivity contribution is -0.144. The van der Waals surface area contributed by atoms with E-state index < -0.39 is 11.9 Å². The molecule has 0 aromatic carbocycles. The average Bonchev–Trinajstić information content (AvgIpc) is 3.06. The van der Waals surface area contributed by atoms with Crippen molar-refractivity contribution in [1.29, 1.82) is 0 Å². The molecule has 22 heavy (non-hydrogen) atoms. The van der Waals surface area contributed by atoms with Gasteiger partial charge in [0.05, 0.1) is 11.9 Å². The van der Waals surface area contributed by atoms with Crippen molar-refractivity contribution in [3.63, 3.8) is 0 Å². The molecule has 0 spiro atoms. The molecule has 1 fully saturated rings. The molecule has 0 amide bonds. The van der Waals surface area contributed by atoms with Crippen molar-refractivity contribution in [3.8, 4) is 0 Å². The van der Waals surface area contributed by atoms with Gasteiger partial charge in [-0.15, -0.1) is 12.4 Å². The zero-order chi connectivity index (χ0) is 15.2. The minimum absolute atomic E-state index is 0. The highest BCUT2D eigenvalue weighted by Crippen LogP contribution is 2.40. The van der Waals surface area contributed by atoms with Crippen molar-refractivity contribution in [2.45, 2.75) is 31.5 Å². The summed E-state index contributed by atoms with van der Waals surface area (Å²) in [5.74, 6) is 1.23. The number of hydrogen-bond acceptors (Lipinski definition) is 3. The summed E-state index contributed by atoms with van der Waals surface area (Å²) in [5.41, 5.74) is 0.404. The summed E-state index contributed by atoms with van der Waals surface area (Å²) in [5, 5.41) is 11.1. The second-order valence-corrected chi connectivity index (χ2v) is 5.35. The van der Waals surface area contributed by atoms with Crippen LogP contribution in [0.2, 0.25) is 0 Å². The Bertz CT molecular complexity index is 657. The van der Waals surface area contributed by atoms with E-state index in [4.69, 9.17) is 0 Å². The SMILES string of the molecule is Cl.Cn1nc(C2CC2)cc1NCc1cnn(C)c1C(F)(F)F. The fourth-order valence-corrected chi connectivity index (χ4v) is 2.40. The van der Waals surface area contributed by atoms with E-state index >= 15 is 0 Å². The fraction of sp³-hybridized carbons (Fsp3) is 0.538. The molecule has 2 aromatic heterocycles. The fourth-order valence-electron chi connectivity index (χ4n) is 2.40. The van der Waals surface area contributed by atoms with Gasteiger partial charge in [0, 0.05) is 38.2 Å². The monoisotopic (exact) mass is 335 g/mol. The first-order chi connectivity index (χ1) is 9.86. The lowest BCUT2D eigenvalue weighted by Gasteiger charge is -2.11. The Labute approximate surface area is 131 Å². The lowest BCUT2D eigenvalue weighted by Crippen LogP contribution is -2.16. The van der Waals surface area contributed by atoms with Crippen molar-refractivity contribution in [2.75, 3.05) is 5.32 Å². The molecule has 1 N–H and O–H groups in total. The maximum absolute atomic E-state index is 13.0. The van der Waals surface area contributed by atoms with E-state index in [9.17, 15) is 13.2 Å². The molecule has 1 aliphatic rings. The Hall–Kier alpha value is -1.70. The first-order valence-electron chi connectivity index (χ1n) is 6.72. The minimum atomic E-state index is -4.41. The summed E-state index contributed by atoms with van der Waals surface area (Å²) in [6.45, 7) is 0.0618. The molecular formula is C13H17ClF3N5. The number of anilines is 1. The van der Waals surface area contributed by atoms with E-state index in [1.165, 1.54) is 13.2 Å². The van der Waals surface area contributed by atoms with Crippen LogP contribution in [0.1, 0.15) is 35.7 Å². The van der Waals surface area contributed by atoms with Gasteiger partial charge >= 0.3 is 6.18 Å². The third-order valence-corrected chi connectivity index (χ3v) is 3.64. The number of aryl methyl sites for hydroxylation is 2. The van der Waals surface area contributed by atoms with Crippen LogP contribution in [0.25, 0.3) is 0 Å². The molecule has 9 heteroatoms. The summed E-state index contributed by atoms with van der Waals surface area (Å²) >= 11 is 0. The number of alkyl halides is 3. The molecule has 1 aliphatic carbocycles. The van der Waals surface area contributed by atoms with Crippen LogP contribution in [0.3, 0.4) is 0 Å². The third kappa shape index (κ3) is 3.21. The molecule has 0 atom stereocenters. The quantitative estimate of drug-likeness (QED) is 0.934. The van der Waals surface area contributed by atoms with Crippen molar-refractivity contribution in [2.24, 2.45) is 14.1 Å². The van der Waals surface area contributed by atoms with Crippen molar-refractivity contribution < 1.29 is 13.2 Å². The summed E-state index contributed by atoms with van der Waals surface area (Å²) in [4.78, 5) is 0. The van der Waals surface area contributed by atoms with Crippen molar-refractivity contribution in [3.05, 3.63) is 29.2 Å². The molecule has 2 aromatic rings. The van der Waals surface area contributed by atoms with Crippen LogP contribution in [0.15, 0.2) is 12.3 Å². The first-order valence-corrected chi connectivity index (χ1v) is 6.72. The number of rotatable bonds is 4. The van der Waals surface area contributed by atoms with E-state index in [0.717, 1.165) is 23.2 Å². The van der Waals surface area contributed by atoms with Crippen molar-refractivity contribution >= 4 is 18.2 Å². The zero-order valence-electron chi connectivity index (χ0n) is 12.2. The number of nitrogens with zero attached hydrogens (tertiary/aromatic N) is 4. The average molecular weight is 336 g/mol. The second kappa shape index (κ2) is 5.83. The maximum atomic E-state index is 13.0. The van der Waals surface area contributed by atoms with Crippen LogP contribution < -0.4 is 5.32 Å². The largest absolute Gasteiger partial charge is 0.433 e. The lowest BCUT2D eigenvalue weighted by atomic mass is 10.2. The van der Waals surface area contributed by atoms with Crippen LogP contribution >= 0.6 is 12.4 Å². The van der Waals surface area contributed by atoms with Gasteiger partial charge < -0.3 is 5.32 Å². The molecular weight excluding hydrogens is 319 g/mol. The third-order valence-electron chi connectivity index (χ3n) is 3.64. The minimum Gasteiger partial charge on any atom is -0.366 e. The summed E-state index contributed by atoms with van der Waals surface area (Å²) in [6.07, 6.45) is -0.892. The normalized spacial score (nSPS) is 14.8. The highest BCUT2D eigenvalue weighted by molar-refractivity contribution is 5.85. The van der Waals surface area contributed by atoms with Gasteiger partial charge in [-0.2, -0.15) is 23.4 Å². The van der Waals surface area contributed by atoms with E-state index in [2.05, 4.69) is 15.5 Å². The van der Waals surface area contributed by atoms with Crippen LogP contribution in [0.4, 0.5) is 19.0 Å². The number of nitrogens with one attached hydrogen (secondary N) is 1. The van der Waals surface area contributed by atoms with Gasteiger partial charge in [0.2, 0.25) is 0 Å². The number of halogens is 4. The molecule has 0 unspecified atom stereocenters. The summed E-state index contributed by atoms with van der Waals surface area (Å²) in [6, 6.07) is 1.90. The first kappa shape index (κ1) is 16.7. The van der Waals surface area contributed by atoms with Gasteiger partial charge in [-0.05, 0) is 12.8 Å². The van der Waals surface area contributed by atoms with Gasteiger partial charge in [-0.1, -0.05) is 0 Å². The molecule has 122 valence electrons. The van der Waals surface area contributed by atoms with Gasteiger partial charge in [0.15, 0.2) is 0 Å². The Kier molecular flexibility index (Phi) is 4.42. The molecule has 0 radical (unpaired) electrons. The number of aromatic nitrogens is 4. The van der Waals surface area contributed by atoms with Gasteiger partial charge in [-0.3, -0.25) is 9.36 Å². The van der Waals surface area contributed by atoms with Crippen LogP contribution in [-0.2, 0) is 26.8 Å². The predicted octanol–water partition coefficient (Wildman–Crippen LogP) is 3.08. The molecule has 0 bridgehead atoms. The van der Waals surface area contributed by atoms with Crippen molar-refractivity contribution in [1.82, 2.24) is 19.6 Å². The molecule has 1 saturated carbocycles. The molecule has 0 saturated heterocycles. The van der Waals surface area contributed by atoms with E-state index in [1.54, 1.807) is 11.7 Å². The highest BCUT2D eigenvalue weighted by atomic mass is 35.5. The Morgan fingerprint density at radius 1 is 1.27 bits per heavy atom. The Balaban J connectivity index is 0.00000176. The summed E-state index contributed by atoms with van der Waals surface area (Å²) < 4.78 is 41.4. The van der Waals surface area contributed by atoms with Gasteiger partial charge in [0.1, 0.15) is 11.5 Å². The molecule has 5 nitrogen and oxygen atoms in total. The van der Waals surface area contributed by atoms with E-state index in [1.807, 2.05) is 6.07 Å². The smallest absolute Gasteiger partial charge is 0.366 e. The van der Waals surface area contributed by atoms with Gasteiger partial charge in [-0.25, -0.2) is 0 Å². The Morgan fingerprint density at radius 2 is 1.95 bits per heavy atom. The number of hydrogen-bond donors (Lipinski definition) is 1. The standard InChI is InChI=1S/C13H16F3N5.ClH/c1-20-11(5-10(19-20)8-3-4-8)17-6-9-7-18-21(2)12(9)13(14,15)16;/h5,7-8,17H,3-4,6H2,1-2H3;1H. The van der Waals surface area contributed by atoms with Crippen LogP contribution in [-0.4, -0.2) is 19.6 Å². The summed E-state index contributed by atoms with van der Waals surface area (Å²) in [7, 11) is 3.07. The van der Waals surface area contributed by atoms with Gasteiger partial charge in [0.25, 0.3) is 0 Å². The zero-order valence-corrected chi connectivity index (χ0v) is 13.0. The maximum Gasteiger partial charge on any atom is 0.433 e. The molecule has 0 aliphatic heterocycles. The highest BCUT2D eigenvalue weighted by Gasteiger charge is 2.37. The topological polar surface area (TPSA) is 47.7 Å². The van der Waals surface area contributed by atoms with E-state index in [-0.39, 0.29) is 24.5 Å². The second-order valence-electron chi connectivity index (χ2n) is 5.35.